The quantitative estimate of drug-likeness (QED) is 0.350. The van der Waals surface area contributed by atoms with Gasteiger partial charge in [-0.15, -0.1) is 0 Å². The second kappa shape index (κ2) is 8.49. The van der Waals surface area contributed by atoms with Crippen LogP contribution in [0.1, 0.15) is 38.3 Å². The molecule has 2 aliphatic rings. The zero-order valence-corrected chi connectivity index (χ0v) is 17.3. The summed E-state index contributed by atoms with van der Waals surface area (Å²) in [6, 6.07) is 0.246. The van der Waals surface area contributed by atoms with Crippen LogP contribution >= 0.6 is 11.6 Å². The number of anilines is 1. The topological polar surface area (TPSA) is 169 Å². The lowest BCUT2D eigenvalue weighted by atomic mass is 9.95. The molecule has 0 aromatic carbocycles. The third-order valence-corrected chi connectivity index (χ3v) is 5.94. The van der Waals surface area contributed by atoms with Crippen molar-refractivity contribution in [3.63, 3.8) is 0 Å². The van der Waals surface area contributed by atoms with Crippen molar-refractivity contribution in [2.45, 2.75) is 62.7 Å². The van der Waals surface area contributed by atoms with E-state index < -0.39 is 41.5 Å². The van der Waals surface area contributed by atoms with Crippen molar-refractivity contribution in [1.82, 2.24) is 19.5 Å². The Morgan fingerprint density at radius 2 is 1.97 bits per heavy atom. The number of ether oxygens (including phenoxy) is 1. The monoisotopic (exact) mass is 463 g/mol. The molecule has 0 radical (unpaired) electrons. The smallest absolute Gasteiger partial charge is 0.387 e. The van der Waals surface area contributed by atoms with Gasteiger partial charge in [0.2, 0.25) is 5.28 Å². The van der Waals surface area contributed by atoms with Gasteiger partial charge >= 0.3 is 10.4 Å². The van der Waals surface area contributed by atoms with Gasteiger partial charge in [0.05, 0.1) is 12.9 Å². The van der Waals surface area contributed by atoms with E-state index in [-0.39, 0.29) is 17.0 Å². The number of imidazole rings is 1. The van der Waals surface area contributed by atoms with Crippen LogP contribution in [0.25, 0.3) is 11.2 Å². The van der Waals surface area contributed by atoms with Crippen LogP contribution in [0, 0.1) is 0 Å². The number of nitrogens with zero attached hydrogens (tertiary/aromatic N) is 4. The van der Waals surface area contributed by atoms with Gasteiger partial charge in [-0.3, -0.25) is 9.12 Å². The summed E-state index contributed by atoms with van der Waals surface area (Å²) in [5.41, 5.74) is 0.703. The Hall–Kier alpha value is -1.61. The maximum Gasteiger partial charge on any atom is 0.397 e. The van der Waals surface area contributed by atoms with Crippen molar-refractivity contribution in [3.05, 3.63) is 11.6 Å². The molecule has 30 heavy (non-hydrogen) atoms. The van der Waals surface area contributed by atoms with Gasteiger partial charge in [0, 0.05) is 6.04 Å². The zero-order valence-electron chi connectivity index (χ0n) is 15.8. The van der Waals surface area contributed by atoms with Crippen LogP contribution in [0.15, 0.2) is 6.33 Å². The number of aromatic nitrogens is 4. The van der Waals surface area contributed by atoms with Gasteiger partial charge in [0.15, 0.2) is 23.2 Å². The molecule has 2 fully saturated rings. The summed E-state index contributed by atoms with van der Waals surface area (Å²) in [5.74, 6) is 0.468. The highest BCUT2D eigenvalue weighted by molar-refractivity contribution is 7.80. The minimum atomic E-state index is -4.72. The lowest BCUT2D eigenvalue weighted by Crippen LogP contribution is -2.34. The van der Waals surface area contributed by atoms with E-state index in [1.165, 1.54) is 17.3 Å². The number of aliphatic hydroxyl groups is 2. The fourth-order valence-corrected chi connectivity index (χ4v) is 4.34. The number of rotatable bonds is 6. The summed E-state index contributed by atoms with van der Waals surface area (Å²) in [6.07, 6.45) is 1.61. The standard InChI is InChI=1S/C16H22ClN5O7S/c17-16-20-13(19-8-4-2-1-3-5-8)10-14(21-16)22(7-18-10)15-12(24)11(23)9(29-15)6-28-30(25,26)27/h7-9,11-12,15,23-24H,1-6H2,(H,19,20,21)(H,25,26,27). The van der Waals surface area contributed by atoms with E-state index in [2.05, 4.69) is 24.5 Å². The Labute approximate surface area is 177 Å². The van der Waals surface area contributed by atoms with E-state index in [0.717, 1.165) is 25.7 Å². The Kier molecular flexibility index (Phi) is 6.12. The molecule has 1 aliphatic carbocycles. The van der Waals surface area contributed by atoms with Gasteiger partial charge in [-0.05, 0) is 24.4 Å². The number of aliphatic hydroxyl groups excluding tert-OH is 2. The molecule has 4 unspecified atom stereocenters. The van der Waals surface area contributed by atoms with Gasteiger partial charge in [-0.1, -0.05) is 19.3 Å². The summed E-state index contributed by atoms with van der Waals surface area (Å²) >= 11 is 6.10. The lowest BCUT2D eigenvalue weighted by molar-refractivity contribution is -0.0477. The van der Waals surface area contributed by atoms with Crippen molar-refractivity contribution < 1.29 is 32.1 Å². The Morgan fingerprint density at radius 3 is 2.67 bits per heavy atom. The molecule has 2 aromatic rings. The molecular weight excluding hydrogens is 442 g/mol. The molecule has 4 N–H and O–H groups in total. The third kappa shape index (κ3) is 4.51. The van der Waals surface area contributed by atoms with Crippen LogP contribution in [-0.2, 0) is 19.3 Å². The molecule has 3 heterocycles. The minimum Gasteiger partial charge on any atom is -0.387 e. The van der Waals surface area contributed by atoms with Gasteiger partial charge in [-0.2, -0.15) is 18.4 Å². The molecule has 166 valence electrons. The average molecular weight is 464 g/mol. The predicted molar refractivity (Wildman–Crippen MR) is 104 cm³/mol. The molecule has 12 nitrogen and oxygen atoms in total. The van der Waals surface area contributed by atoms with Crippen LogP contribution in [-0.4, -0.2) is 73.7 Å². The molecule has 4 atom stereocenters. The SMILES string of the molecule is O=S(=O)(O)OCC1OC(n2cnc3c(NC4CCCCC4)nc(Cl)nc32)C(O)C1O. The van der Waals surface area contributed by atoms with Gasteiger partial charge in [-0.25, -0.2) is 9.17 Å². The molecule has 1 aliphatic heterocycles. The summed E-state index contributed by atoms with van der Waals surface area (Å²) in [4.78, 5) is 12.7. The number of halogens is 1. The first-order valence-electron chi connectivity index (χ1n) is 9.53. The summed E-state index contributed by atoms with van der Waals surface area (Å²) in [5, 5.41) is 23.9. The summed E-state index contributed by atoms with van der Waals surface area (Å²) < 4.78 is 41.5. The van der Waals surface area contributed by atoms with Crippen LogP contribution in [0.5, 0.6) is 0 Å². The van der Waals surface area contributed by atoms with Crippen LogP contribution < -0.4 is 5.32 Å². The van der Waals surface area contributed by atoms with Crippen LogP contribution in [0.3, 0.4) is 0 Å². The summed E-state index contributed by atoms with van der Waals surface area (Å²) in [6.45, 7) is -0.676. The highest BCUT2D eigenvalue weighted by Gasteiger charge is 2.45. The molecular formula is C16H22ClN5O7S. The number of hydrogen-bond acceptors (Lipinski definition) is 10. The fourth-order valence-electron chi connectivity index (χ4n) is 3.87. The first-order chi connectivity index (χ1) is 14.2. The molecule has 0 bridgehead atoms. The molecule has 0 spiro atoms. The predicted octanol–water partition coefficient (Wildman–Crippen LogP) is 0.663. The minimum absolute atomic E-state index is 0.0261. The Morgan fingerprint density at radius 1 is 1.23 bits per heavy atom. The van der Waals surface area contributed by atoms with Gasteiger partial charge in [0.25, 0.3) is 0 Å². The van der Waals surface area contributed by atoms with Crippen molar-refractivity contribution in [3.8, 4) is 0 Å². The van der Waals surface area contributed by atoms with E-state index >= 15 is 0 Å². The average Bonchev–Trinajstić information content (AvgIpc) is 3.22. The molecule has 1 saturated heterocycles. The van der Waals surface area contributed by atoms with E-state index in [9.17, 15) is 18.6 Å². The van der Waals surface area contributed by atoms with Crippen molar-refractivity contribution >= 4 is 39.0 Å². The molecule has 1 saturated carbocycles. The van der Waals surface area contributed by atoms with E-state index in [1.54, 1.807) is 0 Å². The maximum absolute atomic E-state index is 10.8. The Bertz CT molecular complexity index is 1010. The molecule has 0 amide bonds. The zero-order chi connectivity index (χ0) is 21.5. The fraction of sp³-hybridized carbons (Fsp3) is 0.688. The number of nitrogens with one attached hydrogen (secondary N) is 1. The lowest BCUT2D eigenvalue weighted by Gasteiger charge is -2.23. The van der Waals surface area contributed by atoms with Crippen molar-refractivity contribution in [2.75, 3.05) is 11.9 Å². The molecule has 14 heteroatoms. The van der Waals surface area contributed by atoms with E-state index in [1.807, 2.05) is 0 Å². The van der Waals surface area contributed by atoms with Gasteiger partial charge < -0.3 is 20.3 Å². The number of hydrogen-bond donors (Lipinski definition) is 4. The molecule has 4 rings (SSSR count). The Balaban J connectivity index is 1.60. The first-order valence-corrected chi connectivity index (χ1v) is 11.3. The van der Waals surface area contributed by atoms with Gasteiger partial charge in [0.1, 0.15) is 18.3 Å². The highest BCUT2D eigenvalue weighted by atomic mass is 35.5. The molecule has 2 aromatic heterocycles. The maximum atomic E-state index is 10.8. The van der Waals surface area contributed by atoms with Crippen molar-refractivity contribution in [2.24, 2.45) is 0 Å². The summed E-state index contributed by atoms with van der Waals surface area (Å²) in [7, 11) is -4.72. The first kappa shape index (κ1) is 21.6. The van der Waals surface area contributed by atoms with Crippen LogP contribution in [0.4, 0.5) is 5.82 Å². The second-order valence-corrected chi connectivity index (χ2v) is 8.83. The third-order valence-electron chi connectivity index (χ3n) is 5.33. The number of fused-ring (bicyclic) bond motifs is 1. The largest absolute Gasteiger partial charge is 0.397 e. The normalized spacial score (nSPS) is 28.3. The van der Waals surface area contributed by atoms with E-state index in [4.69, 9.17) is 20.9 Å². The van der Waals surface area contributed by atoms with Crippen molar-refractivity contribution in [1.29, 1.82) is 0 Å². The van der Waals surface area contributed by atoms with Crippen LogP contribution in [0.2, 0.25) is 5.28 Å². The highest BCUT2D eigenvalue weighted by Crippen LogP contribution is 2.33. The van der Waals surface area contributed by atoms with E-state index in [0.29, 0.717) is 11.3 Å². The second-order valence-electron chi connectivity index (χ2n) is 7.40.